The Hall–Kier alpha value is -2.66. The lowest BCUT2D eigenvalue weighted by Crippen LogP contribution is -2.13. The van der Waals surface area contributed by atoms with Crippen LogP contribution >= 0.6 is 0 Å². The second-order valence-electron chi connectivity index (χ2n) is 10.4. The molecule has 1 aliphatic rings. The summed E-state index contributed by atoms with van der Waals surface area (Å²) in [6, 6.07) is 11.4. The molecule has 0 aromatic heterocycles. The average molecular weight is 511 g/mol. The zero-order valence-electron chi connectivity index (χ0n) is 22.6. The Labute approximate surface area is 221 Å². The number of hydrogen-bond acceptors (Lipinski definition) is 4. The molecule has 3 rings (SSSR count). The third-order valence-corrected chi connectivity index (χ3v) is 7.43. The van der Waals surface area contributed by atoms with Gasteiger partial charge in [0.05, 0.1) is 0 Å². The van der Waals surface area contributed by atoms with Crippen LogP contribution in [0.1, 0.15) is 88.7 Å². The molecule has 202 valence electrons. The van der Waals surface area contributed by atoms with Gasteiger partial charge < -0.3 is 14.6 Å². The van der Waals surface area contributed by atoms with E-state index in [2.05, 4.69) is 19.6 Å². The summed E-state index contributed by atoms with van der Waals surface area (Å²) >= 11 is 0. The van der Waals surface area contributed by atoms with Gasteiger partial charge in [-0.25, -0.2) is 9.18 Å². The number of ether oxygens (including phenoxy) is 2. The third-order valence-electron chi connectivity index (χ3n) is 7.43. The van der Waals surface area contributed by atoms with Crippen LogP contribution in [-0.2, 0) is 16.0 Å². The first kappa shape index (κ1) is 28.9. The van der Waals surface area contributed by atoms with Crippen LogP contribution in [0.2, 0.25) is 0 Å². The molecule has 37 heavy (non-hydrogen) atoms. The van der Waals surface area contributed by atoms with Crippen molar-refractivity contribution in [2.24, 2.45) is 5.92 Å². The molecule has 0 bridgehead atoms. The number of aryl methyl sites for hydroxylation is 1. The quantitative estimate of drug-likeness (QED) is 0.160. The van der Waals surface area contributed by atoms with Gasteiger partial charge in [-0.3, -0.25) is 0 Å². The van der Waals surface area contributed by atoms with E-state index in [1.165, 1.54) is 38.5 Å². The van der Waals surface area contributed by atoms with Gasteiger partial charge in [0.2, 0.25) is 0 Å². The molecule has 1 saturated carbocycles. The van der Waals surface area contributed by atoms with Crippen molar-refractivity contribution < 1.29 is 23.8 Å². The highest BCUT2D eigenvalue weighted by Crippen LogP contribution is 2.39. The van der Waals surface area contributed by atoms with Crippen molar-refractivity contribution in [3.63, 3.8) is 0 Å². The van der Waals surface area contributed by atoms with Crippen LogP contribution in [0.4, 0.5) is 4.39 Å². The van der Waals surface area contributed by atoms with E-state index in [-0.39, 0.29) is 25.6 Å². The predicted octanol–water partition coefficient (Wildman–Crippen LogP) is 7.77. The number of aliphatic hydroxyl groups is 1. The van der Waals surface area contributed by atoms with E-state index in [4.69, 9.17) is 9.47 Å². The van der Waals surface area contributed by atoms with Gasteiger partial charge in [-0.15, -0.1) is 0 Å². The van der Waals surface area contributed by atoms with Crippen molar-refractivity contribution in [3.05, 3.63) is 65.5 Å². The van der Waals surface area contributed by atoms with E-state index in [1.807, 2.05) is 24.3 Å². The lowest BCUT2D eigenvalue weighted by atomic mass is 9.77. The molecular formula is C32H43FO4. The number of halogens is 1. The number of carbonyl (C=O) groups is 1. The molecule has 1 N–H and O–H groups in total. The molecule has 5 heteroatoms. The monoisotopic (exact) mass is 510 g/mol. The maximum Gasteiger partial charge on any atom is 0.333 e. The minimum absolute atomic E-state index is 0.0775. The lowest BCUT2D eigenvalue weighted by molar-refractivity contribution is -0.139. The van der Waals surface area contributed by atoms with E-state index in [0.29, 0.717) is 35.6 Å². The van der Waals surface area contributed by atoms with Crippen molar-refractivity contribution in [2.75, 3.05) is 19.8 Å². The van der Waals surface area contributed by atoms with Gasteiger partial charge in [-0.1, -0.05) is 63.5 Å². The van der Waals surface area contributed by atoms with Crippen LogP contribution in [0.15, 0.2) is 48.6 Å². The number of carbonyl (C=O) groups excluding carboxylic acids is 1. The smallest absolute Gasteiger partial charge is 0.333 e. The fourth-order valence-corrected chi connectivity index (χ4v) is 5.23. The maximum atomic E-state index is 15.3. The number of unbranched alkanes of at least 4 members (excludes halogenated alkanes) is 2. The summed E-state index contributed by atoms with van der Waals surface area (Å²) in [5, 5.41) is 9.25. The summed E-state index contributed by atoms with van der Waals surface area (Å²) in [5.41, 5.74) is 3.65. The first-order chi connectivity index (χ1) is 17.9. The van der Waals surface area contributed by atoms with Gasteiger partial charge in [0.15, 0.2) is 0 Å². The number of rotatable bonds is 14. The van der Waals surface area contributed by atoms with Gasteiger partial charge in [0, 0.05) is 17.7 Å². The van der Waals surface area contributed by atoms with Gasteiger partial charge in [-0.05, 0) is 86.1 Å². The molecule has 2 aromatic carbocycles. The van der Waals surface area contributed by atoms with E-state index in [1.54, 1.807) is 13.0 Å². The summed E-state index contributed by atoms with van der Waals surface area (Å²) in [7, 11) is 0. The second kappa shape index (κ2) is 14.9. The fraction of sp³-hybridized carbons (Fsp3) is 0.531. The number of esters is 1. The van der Waals surface area contributed by atoms with E-state index in [0.717, 1.165) is 35.4 Å². The van der Waals surface area contributed by atoms with Crippen LogP contribution in [0.5, 0.6) is 5.75 Å². The Morgan fingerprint density at radius 1 is 1.05 bits per heavy atom. The topological polar surface area (TPSA) is 55.8 Å². The standard InChI is InChI=1S/C32H43FO4/c1-4-5-6-8-24-10-12-25(13-11-24)27-16-17-29(30(33)21-27)28-15-14-26(9-7-18-34)31(22-28)36-19-20-37-32(35)23(2)3/h14-17,21-22,24-25,34H,2,4-13,18-20H2,1,3H3. The molecule has 0 spiro atoms. The SMILES string of the molecule is C=C(C)C(=O)OCCOc1cc(-c2ccc(C3CCC(CCCCC)CC3)cc2F)ccc1CCCO. The van der Waals surface area contributed by atoms with Crippen molar-refractivity contribution in [2.45, 2.75) is 84.0 Å². The van der Waals surface area contributed by atoms with Gasteiger partial charge in [0.25, 0.3) is 0 Å². The van der Waals surface area contributed by atoms with Gasteiger partial charge in [-0.2, -0.15) is 0 Å². The Morgan fingerprint density at radius 3 is 2.51 bits per heavy atom. The molecule has 1 fully saturated rings. The molecule has 0 atom stereocenters. The molecule has 4 nitrogen and oxygen atoms in total. The second-order valence-corrected chi connectivity index (χ2v) is 10.4. The highest BCUT2D eigenvalue weighted by molar-refractivity contribution is 5.86. The highest BCUT2D eigenvalue weighted by Gasteiger charge is 2.23. The Kier molecular flexibility index (Phi) is 11.7. The molecule has 1 aliphatic carbocycles. The van der Waals surface area contributed by atoms with E-state index < -0.39 is 5.97 Å². The van der Waals surface area contributed by atoms with E-state index >= 15 is 4.39 Å². The zero-order valence-corrected chi connectivity index (χ0v) is 22.6. The van der Waals surface area contributed by atoms with Crippen LogP contribution in [0.25, 0.3) is 11.1 Å². The number of benzene rings is 2. The van der Waals surface area contributed by atoms with E-state index in [9.17, 15) is 9.90 Å². The summed E-state index contributed by atoms with van der Waals surface area (Å²) in [4.78, 5) is 11.6. The molecule has 0 aliphatic heterocycles. The lowest BCUT2D eigenvalue weighted by Gasteiger charge is -2.29. The normalized spacial score (nSPS) is 17.4. The minimum atomic E-state index is -0.454. The molecular weight excluding hydrogens is 467 g/mol. The predicted molar refractivity (Wildman–Crippen MR) is 147 cm³/mol. The van der Waals surface area contributed by atoms with Crippen LogP contribution in [-0.4, -0.2) is 30.9 Å². The summed E-state index contributed by atoms with van der Waals surface area (Å²) in [6.07, 6.45) is 11.3. The Morgan fingerprint density at radius 2 is 1.84 bits per heavy atom. The third kappa shape index (κ3) is 8.70. The molecule has 0 radical (unpaired) electrons. The number of aliphatic hydroxyl groups excluding tert-OH is 1. The van der Waals surface area contributed by atoms with Crippen molar-refractivity contribution >= 4 is 5.97 Å². The van der Waals surface area contributed by atoms with Gasteiger partial charge >= 0.3 is 5.97 Å². The number of hydrogen-bond donors (Lipinski definition) is 1. The minimum Gasteiger partial charge on any atom is -0.490 e. The zero-order chi connectivity index (χ0) is 26.6. The first-order valence-electron chi connectivity index (χ1n) is 13.9. The summed E-state index contributed by atoms with van der Waals surface area (Å²) < 4.78 is 26.4. The molecule has 0 amide bonds. The van der Waals surface area contributed by atoms with Crippen LogP contribution in [0.3, 0.4) is 0 Å². The maximum absolute atomic E-state index is 15.3. The fourth-order valence-electron chi connectivity index (χ4n) is 5.23. The molecule has 0 saturated heterocycles. The van der Waals surface area contributed by atoms with Crippen LogP contribution in [0, 0.1) is 11.7 Å². The first-order valence-corrected chi connectivity index (χ1v) is 13.9. The molecule has 0 unspecified atom stereocenters. The van der Waals surface area contributed by atoms with Crippen LogP contribution < -0.4 is 4.74 Å². The Bertz CT molecular complexity index is 1020. The van der Waals surface area contributed by atoms with Gasteiger partial charge in [0.1, 0.15) is 24.8 Å². The van der Waals surface area contributed by atoms with Crippen molar-refractivity contribution in [3.8, 4) is 16.9 Å². The van der Waals surface area contributed by atoms with Crippen molar-refractivity contribution in [1.82, 2.24) is 0 Å². The largest absolute Gasteiger partial charge is 0.490 e. The summed E-state index contributed by atoms with van der Waals surface area (Å²) in [5.74, 6) is 1.21. The average Bonchev–Trinajstić information content (AvgIpc) is 2.90. The Balaban J connectivity index is 1.67. The van der Waals surface area contributed by atoms with Crippen molar-refractivity contribution in [1.29, 1.82) is 0 Å². The molecule has 2 aromatic rings. The molecule has 0 heterocycles. The highest BCUT2D eigenvalue weighted by atomic mass is 19.1. The summed E-state index contributed by atoms with van der Waals surface area (Å²) in [6.45, 7) is 7.77.